The summed E-state index contributed by atoms with van der Waals surface area (Å²) in [4.78, 5) is 32.0. The van der Waals surface area contributed by atoms with E-state index in [2.05, 4.69) is 11.0 Å². The molecule has 0 saturated heterocycles. The molecule has 2 unspecified atom stereocenters. The van der Waals surface area contributed by atoms with Crippen LogP contribution in [-0.4, -0.2) is 54.3 Å². The third kappa shape index (κ3) is 11.6. The van der Waals surface area contributed by atoms with Crippen LogP contribution in [0.1, 0.15) is 75.8 Å². The van der Waals surface area contributed by atoms with Gasteiger partial charge in [0.15, 0.2) is 11.9 Å². The highest BCUT2D eigenvalue weighted by atomic mass is 16.5. The lowest BCUT2D eigenvalue weighted by Crippen LogP contribution is -2.47. The van der Waals surface area contributed by atoms with E-state index < -0.39 is 6.10 Å². The molecule has 2 aromatic carbocycles. The largest absolute Gasteiger partial charge is 0.482 e. The second-order valence-electron chi connectivity index (χ2n) is 12.0. The Morgan fingerprint density at radius 3 is 2.29 bits per heavy atom. The molecular weight excluding hydrogens is 518 g/mol. The number of benzene rings is 2. The number of ether oxygens (including phenoxy) is 2. The van der Waals surface area contributed by atoms with Crippen molar-refractivity contribution in [3.05, 3.63) is 64.2 Å². The summed E-state index contributed by atoms with van der Waals surface area (Å²) < 4.78 is 12.0. The number of amides is 1. The first-order chi connectivity index (χ1) is 19.2. The van der Waals surface area contributed by atoms with E-state index in [-0.39, 0.29) is 29.7 Å². The Labute approximate surface area is 245 Å². The van der Waals surface area contributed by atoms with Crippen LogP contribution < -0.4 is 21.5 Å². The maximum absolute atomic E-state index is 12.7. The number of hydrazine groups is 2. The minimum absolute atomic E-state index is 0.0812. The van der Waals surface area contributed by atoms with Crippen LogP contribution in [0.5, 0.6) is 5.75 Å². The van der Waals surface area contributed by atoms with Gasteiger partial charge >= 0.3 is 0 Å². The average Bonchev–Trinajstić information content (AvgIpc) is 2.85. The van der Waals surface area contributed by atoms with Crippen molar-refractivity contribution in [3.63, 3.8) is 0 Å². The molecule has 0 aliphatic carbocycles. The highest BCUT2D eigenvalue weighted by Crippen LogP contribution is 2.28. The molecule has 0 radical (unpaired) electrons. The van der Waals surface area contributed by atoms with Crippen molar-refractivity contribution in [2.24, 2.45) is 16.3 Å². The Bertz CT molecular complexity index is 1180. The van der Waals surface area contributed by atoms with Crippen LogP contribution in [0.2, 0.25) is 0 Å². The van der Waals surface area contributed by atoms with Crippen molar-refractivity contribution < 1.29 is 19.1 Å². The summed E-state index contributed by atoms with van der Waals surface area (Å²) in [6, 6.07) is 12.0. The van der Waals surface area contributed by atoms with E-state index in [1.807, 2.05) is 104 Å². The summed E-state index contributed by atoms with van der Waals surface area (Å²) in [6.07, 6.45) is -0.0812. The molecule has 0 aromatic heterocycles. The van der Waals surface area contributed by atoms with Gasteiger partial charge in [-0.1, -0.05) is 50.6 Å². The lowest BCUT2D eigenvalue weighted by atomic mass is 9.88. The van der Waals surface area contributed by atoms with Crippen molar-refractivity contribution in [2.45, 2.75) is 87.4 Å². The SMILES string of the molecule is CCOC(=NC(C)CN(CC(=O)NNN)Cc1cc(C)c(OC(C)C(=O)CC(C)(C)C)c(C)c1)c1cccc(C)c1. The molecule has 0 spiro atoms. The van der Waals surface area contributed by atoms with Crippen molar-refractivity contribution in [1.82, 2.24) is 15.9 Å². The molecule has 0 heterocycles. The molecule has 0 aliphatic heterocycles. The number of rotatable bonds is 14. The predicted molar refractivity (Wildman–Crippen MR) is 165 cm³/mol. The zero-order chi connectivity index (χ0) is 30.7. The van der Waals surface area contributed by atoms with E-state index in [9.17, 15) is 9.59 Å². The lowest BCUT2D eigenvalue weighted by molar-refractivity contribution is -0.127. The molecule has 0 fully saturated rings. The van der Waals surface area contributed by atoms with Crippen molar-refractivity contribution in [2.75, 3.05) is 19.7 Å². The third-order valence-corrected chi connectivity index (χ3v) is 6.36. The number of hydrogen-bond donors (Lipinski definition) is 3. The van der Waals surface area contributed by atoms with Crippen LogP contribution in [0.4, 0.5) is 0 Å². The van der Waals surface area contributed by atoms with Gasteiger partial charge in [0.05, 0.1) is 19.2 Å². The van der Waals surface area contributed by atoms with Gasteiger partial charge < -0.3 is 9.47 Å². The number of nitrogens with two attached hydrogens (primary N) is 1. The number of hydrogen-bond acceptors (Lipinski definition) is 8. The second-order valence-corrected chi connectivity index (χ2v) is 12.0. The standard InChI is InChI=1S/C32H49N5O4/c1-10-40-31(27-13-11-12-21(2)14-27)34-24(5)18-37(20-29(39)35-36-33)19-26-15-22(3)30(23(4)16-26)41-25(6)28(38)17-32(7,8)9/h11-16,24-25,36H,10,17-20,33H2,1-9H3,(H,35,39). The van der Waals surface area contributed by atoms with E-state index in [0.29, 0.717) is 32.0 Å². The van der Waals surface area contributed by atoms with Crippen LogP contribution >= 0.6 is 0 Å². The maximum atomic E-state index is 12.7. The molecular formula is C32H49N5O4. The summed E-state index contributed by atoms with van der Waals surface area (Å²) in [5.41, 5.74) is 9.51. The molecule has 1 amide bonds. The van der Waals surface area contributed by atoms with Crippen LogP contribution in [0.25, 0.3) is 0 Å². The van der Waals surface area contributed by atoms with E-state index in [1.54, 1.807) is 0 Å². The Kier molecular flexibility index (Phi) is 13.0. The van der Waals surface area contributed by atoms with E-state index >= 15 is 0 Å². The number of carbonyl (C=O) groups is 2. The van der Waals surface area contributed by atoms with Gasteiger partial charge in [-0.15, -0.1) is 0 Å². The maximum Gasteiger partial charge on any atom is 0.249 e. The fraction of sp³-hybridized carbons (Fsp3) is 0.531. The second kappa shape index (κ2) is 15.7. The van der Waals surface area contributed by atoms with Gasteiger partial charge in [0.1, 0.15) is 5.75 Å². The van der Waals surface area contributed by atoms with Gasteiger partial charge in [-0.25, -0.2) is 4.99 Å². The third-order valence-electron chi connectivity index (χ3n) is 6.36. The van der Waals surface area contributed by atoms with Crippen molar-refractivity contribution >= 4 is 17.6 Å². The van der Waals surface area contributed by atoms with Crippen LogP contribution in [-0.2, 0) is 20.9 Å². The molecule has 0 saturated carbocycles. The van der Waals surface area contributed by atoms with Gasteiger partial charge in [-0.05, 0) is 75.8 Å². The summed E-state index contributed by atoms with van der Waals surface area (Å²) in [7, 11) is 0. The Balaban J connectivity index is 2.26. The molecule has 2 aromatic rings. The smallest absolute Gasteiger partial charge is 0.249 e. The molecule has 0 bridgehead atoms. The van der Waals surface area contributed by atoms with E-state index in [4.69, 9.17) is 20.3 Å². The zero-order valence-electron chi connectivity index (χ0n) is 26.3. The molecule has 41 heavy (non-hydrogen) atoms. The summed E-state index contributed by atoms with van der Waals surface area (Å²) in [6.45, 7) is 19.5. The number of ketones is 1. The summed E-state index contributed by atoms with van der Waals surface area (Å²) >= 11 is 0. The van der Waals surface area contributed by atoms with E-state index in [0.717, 1.165) is 33.6 Å². The number of carbonyl (C=O) groups excluding carboxylic acids is 2. The molecule has 226 valence electrons. The van der Waals surface area contributed by atoms with Crippen molar-refractivity contribution in [1.29, 1.82) is 0 Å². The molecule has 2 rings (SSSR count). The van der Waals surface area contributed by atoms with Crippen molar-refractivity contribution in [3.8, 4) is 5.75 Å². The Hall–Kier alpha value is -3.27. The molecule has 0 aliphatic rings. The number of aryl methyl sites for hydroxylation is 3. The number of aliphatic imine (C=N–C) groups is 1. The predicted octanol–water partition coefficient (Wildman–Crippen LogP) is 4.55. The molecule has 2 atom stereocenters. The van der Waals surface area contributed by atoms with Gasteiger partial charge in [0.2, 0.25) is 11.8 Å². The zero-order valence-corrected chi connectivity index (χ0v) is 26.3. The quantitative estimate of drug-likeness (QED) is 0.133. The van der Waals surface area contributed by atoms with Crippen LogP contribution in [0.3, 0.4) is 0 Å². The van der Waals surface area contributed by atoms with Crippen LogP contribution in [0.15, 0.2) is 41.4 Å². The highest BCUT2D eigenvalue weighted by Gasteiger charge is 2.23. The fourth-order valence-corrected chi connectivity index (χ4v) is 4.72. The number of nitrogens with zero attached hydrogens (tertiary/aromatic N) is 2. The summed E-state index contributed by atoms with van der Waals surface area (Å²) in [5, 5.41) is 0. The topological polar surface area (TPSA) is 118 Å². The first-order valence-corrected chi connectivity index (χ1v) is 14.3. The fourth-order valence-electron chi connectivity index (χ4n) is 4.72. The number of Topliss-reactive ketones (excluding diaryl/α,β-unsaturated/α-hetero) is 1. The van der Waals surface area contributed by atoms with Crippen LogP contribution in [0, 0.1) is 26.2 Å². The van der Waals surface area contributed by atoms with Gasteiger partial charge in [0, 0.05) is 25.1 Å². The minimum atomic E-state index is -0.534. The van der Waals surface area contributed by atoms with Gasteiger partial charge in [-0.3, -0.25) is 25.8 Å². The minimum Gasteiger partial charge on any atom is -0.482 e. The monoisotopic (exact) mass is 567 g/mol. The highest BCUT2D eigenvalue weighted by molar-refractivity contribution is 5.94. The number of nitrogens with one attached hydrogen (secondary N) is 2. The molecule has 9 heteroatoms. The first-order valence-electron chi connectivity index (χ1n) is 14.3. The summed E-state index contributed by atoms with van der Waals surface area (Å²) in [5.74, 6) is 6.44. The van der Waals surface area contributed by atoms with Gasteiger partial charge in [-0.2, -0.15) is 5.53 Å². The first kappa shape index (κ1) is 33.9. The normalized spacial score (nSPS) is 13.6. The Morgan fingerprint density at radius 1 is 1.07 bits per heavy atom. The lowest BCUT2D eigenvalue weighted by Gasteiger charge is -2.25. The Morgan fingerprint density at radius 2 is 1.73 bits per heavy atom. The van der Waals surface area contributed by atoms with Gasteiger partial charge in [0.25, 0.3) is 0 Å². The average molecular weight is 568 g/mol. The molecule has 9 nitrogen and oxygen atoms in total. The van der Waals surface area contributed by atoms with E-state index in [1.165, 1.54) is 0 Å². The molecule has 4 N–H and O–H groups in total.